The lowest BCUT2D eigenvalue weighted by Gasteiger charge is -2.09. The molecule has 0 unspecified atom stereocenters. The third-order valence-corrected chi connectivity index (χ3v) is 3.63. The lowest BCUT2D eigenvalue weighted by Crippen LogP contribution is -2.21. The number of hydrogen-bond acceptors (Lipinski definition) is 5. The Hall–Kier alpha value is -2.86. The molecule has 1 amide bonds. The van der Waals surface area contributed by atoms with Gasteiger partial charge in [0.05, 0.1) is 16.7 Å². The van der Waals surface area contributed by atoms with Crippen LogP contribution < -0.4 is 5.32 Å². The highest BCUT2D eigenvalue weighted by molar-refractivity contribution is 7.14. The fourth-order valence-corrected chi connectivity index (χ4v) is 2.45. The molecule has 5 nitrogen and oxygen atoms in total. The maximum Gasteiger partial charge on any atom is 0.416 e. The summed E-state index contributed by atoms with van der Waals surface area (Å²) >= 11 is 1.12. The van der Waals surface area contributed by atoms with E-state index in [1.807, 2.05) is 6.07 Å². The van der Waals surface area contributed by atoms with E-state index >= 15 is 0 Å². The van der Waals surface area contributed by atoms with Gasteiger partial charge in [0.2, 0.25) is 0 Å². The van der Waals surface area contributed by atoms with Crippen LogP contribution in [-0.2, 0) is 15.7 Å². The zero-order chi connectivity index (χ0) is 17.7. The average molecular weight is 354 g/mol. The van der Waals surface area contributed by atoms with Crippen molar-refractivity contribution in [3.63, 3.8) is 0 Å². The minimum atomic E-state index is -4.58. The average Bonchev–Trinajstić information content (AvgIpc) is 2.99. The molecule has 0 bridgehead atoms. The highest BCUT2D eigenvalue weighted by Gasteiger charge is 2.31. The van der Waals surface area contributed by atoms with E-state index in [-0.39, 0.29) is 11.1 Å². The second-order valence-electron chi connectivity index (χ2n) is 4.48. The number of nitriles is 1. The van der Waals surface area contributed by atoms with Crippen LogP contribution in [0.3, 0.4) is 0 Å². The molecule has 2 aromatic rings. The van der Waals surface area contributed by atoms with Crippen LogP contribution in [-0.4, -0.2) is 18.5 Å². The number of thiophene rings is 1. The third kappa shape index (κ3) is 4.33. The van der Waals surface area contributed by atoms with Crippen LogP contribution >= 0.6 is 11.3 Å². The zero-order valence-electron chi connectivity index (χ0n) is 11.9. The molecule has 0 radical (unpaired) electrons. The summed E-state index contributed by atoms with van der Waals surface area (Å²) in [7, 11) is 0. The predicted molar refractivity (Wildman–Crippen MR) is 79.4 cm³/mol. The number of rotatable bonds is 4. The normalized spacial score (nSPS) is 10.8. The maximum absolute atomic E-state index is 12.6. The fraction of sp³-hybridized carbons (Fsp3) is 0.133. The number of amides is 1. The third-order valence-electron chi connectivity index (χ3n) is 2.80. The van der Waals surface area contributed by atoms with Gasteiger partial charge in [-0.3, -0.25) is 4.79 Å². The maximum atomic E-state index is 12.6. The standard InChI is InChI=1S/C15H9F3N2O3S/c16-15(17,18)11-3-1-2-9(6-11)14(22)23-8-12(21)20-13-10(7-19)4-5-24-13/h1-6H,8H2,(H,20,21). The van der Waals surface area contributed by atoms with Crippen LogP contribution in [0.2, 0.25) is 0 Å². The molecule has 1 aromatic carbocycles. The number of alkyl halides is 3. The van der Waals surface area contributed by atoms with E-state index in [2.05, 4.69) is 10.1 Å². The lowest BCUT2D eigenvalue weighted by molar-refractivity contribution is -0.137. The quantitative estimate of drug-likeness (QED) is 0.853. The van der Waals surface area contributed by atoms with Gasteiger partial charge in [-0.05, 0) is 29.6 Å². The van der Waals surface area contributed by atoms with Crippen LogP contribution in [0.25, 0.3) is 0 Å². The number of hydrogen-bond donors (Lipinski definition) is 1. The van der Waals surface area contributed by atoms with E-state index in [0.29, 0.717) is 11.1 Å². The van der Waals surface area contributed by atoms with Gasteiger partial charge >= 0.3 is 12.1 Å². The van der Waals surface area contributed by atoms with Gasteiger partial charge in [-0.25, -0.2) is 4.79 Å². The summed E-state index contributed by atoms with van der Waals surface area (Å²) in [6.07, 6.45) is -4.58. The molecule has 0 saturated carbocycles. The van der Waals surface area contributed by atoms with Gasteiger partial charge in [-0.15, -0.1) is 11.3 Å². The van der Waals surface area contributed by atoms with Crippen molar-refractivity contribution in [2.45, 2.75) is 6.18 Å². The van der Waals surface area contributed by atoms with Crippen molar-refractivity contribution in [3.8, 4) is 6.07 Å². The Morgan fingerprint density at radius 1 is 1.29 bits per heavy atom. The van der Waals surface area contributed by atoms with Gasteiger partial charge < -0.3 is 10.1 Å². The van der Waals surface area contributed by atoms with Crippen molar-refractivity contribution >= 4 is 28.2 Å². The first kappa shape index (κ1) is 17.5. The van der Waals surface area contributed by atoms with Gasteiger partial charge in [0.15, 0.2) is 6.61 Å². The van der Waals surface area contributed by atoms with Crippen molar-refractivity contribution in [2.24, 2.45) is 0 Å². The second kappa shape index (κ2) is 7.14. The number of ether oxygens (including phenoxy) is 1. The summed E-state index contributed by atoms with van der Waals surface area (Å²) in [6, 6.07) is 7.08. The summed E-state index contributed by atoms with van der Waals surface area (Å²) in [6.45, 7) is -0.683. The molecule has 1 aromatic heterocycles. The topological polar surface area (TPSA) is 79.2 Å². The fourth-order valence-electron chi connectivity index (χ4n) is 1.69. The Balaban J connectivity index is 1.96. The molecule has 24 heavy (non-hydrogen) atoms. The largest absolute Gasteiger partial charge is 0.452 e. The van der Waals surface area contributed by atoms with Gasteiger partial charge in [0, 0.05) is 0 Å². The molecule has 1 N–H and O–H groups in total. The molecule has 0 aliphatic carbocycles. The molecular weight excluding hydrogens is 345 g/mol. The van der Waals surface area contributed by atoms with Crippen molar-refractivity contribution in [1.82, 2.24) is 0 Å². The van der Waals surface area contributed by atoms with Gasteiger partial charge in [-0.1, -0.05) is 6.07 Å². The van der Waals surface area contributed by atoms with Crippen molar-refractivity contribution in [1.29, 1.82) is 5.26 Å². The molecule has 0 aliphatic rings. The minimum absolute atomic E-state index is 0.262. The van der Waals surface area contributed by atoms with E-state index in [4.69, 9.17) is 5.26 Å². The number of esters is 1. The molecule has 2 rings (SSSR count). The van der Waals surface area contributed by atoms with Gasteiger partial charge in [-0.2, -0.15) is 18.4 Å². The summed E-state index contributed by atoms with van der Waals surface area (Å²) < 4.78 is 42.4. The number of halogens is 3. The smallest absolute Gasteiger partial charge is 0.416 e. The minimum Gasteiger partial charge on any atom is -0.452 e. The number of carbonyl (C=O) groups is 2. The van der Waals surface area contributed by atoms with Crippen molar-refractivity contribution in [3.05, 3.63) is 52.4 Å². The molecule has 0 atom stereocenters. The molecule has 0 spiro atoms. The van der Waals surface area contributed by atoms with Gasteiger partial charge in [0.1, 0.15) is 11.1 Å². The predicted octanol–water partition coefficient (Wildman–Crippen LogP) is 3.43. The van der Waals surface area contributed by atoms with Crippen molar-refractivity contribution in [2.75, 3.05) is 11.9 Å². The zero-order valence-corrected chi connectivity index (χ0v) is 12.7. The van der Waals surface area contributed by atoms with Crippen LogP contribution in [0.15, 0.2) is 35.7 Å². The highest BCUT2D eigenvalue weighted by Crippen LogP contribution is 2.29. The SMILES string of the molecule is N#Cc1ccsc1NC(=O)COC(=O)c1cccc(C(F)(F)F)c1. The molecule has 1 heterocycles. The molecule has 0 fully saturated rings. The molecule has 9 heteroatoms. The Morgan fingerprint density at radius 3 is 2.71 bits per heavy atom. The molecular formula is C15H9F3N2O3S. The van der Waals surface area contributed by atoms with Gasteiger partial charge in [0.25, 0.3) is 5.91 Å². The van der Waals surface area contributed by atoms with E-state index in [0.717, 1.165) is 29.5 Å². The molecule has 124 valence electrons. The first-order chi connectivity index (χ1) is 11.3. The van der Waals surface area contributed by atoms with Crippen LogP contribution in [0.5, 0.6) is 0 Å². The molecule has 0 aliphatic heterocycles. The Labute approximate surface area is 138 Å². The number of nitrogens with one attached hydrogen (secondary N) is 1. The summed E-state index contributed by atoms with van der Waals surface area (Å²) in [5.74, 6) is -1.75. The monoisotopic (exact) mass is 354 g/mol. The lowest BCUT2D eigenvalue weighted by atomic mass is 10.1. The van der Waals surface area contributed by atoms with Crippen LogP contribution in [0, 0.1) is 11.3 Å². The summed E-state index contributed by atoms with van der Waals surface area (Å²) in [4.78, 5) is 23.4. The number of anilines is 1. The summed E-state index contributed by atoms with van der Waals surface area (Å²) in [5.41, 5.74) is -1.04. The Kier molecular flexibility index (Phi) is 5.21. The van der Waals surface area contributed by atoms with Crippen LogP contribution in [0.1, 0.15) is 21.5 Å². The van der Waals surface area contributed by atoms with E-state index < -0.39 is 30.2 Å². The van der Waals surface area contributed by atoms with Crippen LogP contribution in [0.4, 0.5) is 18.2 Å². The van der Waals surface area contributed by atoms with E-state index in [9.17, 15) is 22.8 Å². The Morgan fingerprint density at radius 2 is 2.04 bits per heavy atom. The number of carbonyl (C=O) groups excluding carboxylic acids is 2. The Bertz CT molecular complexity index is 809. The highest BCUT2D eigenvalue weighted by atomic mass is 32.1. The summed E-state index contributed by atoms with van der Waals surface area (Å²) in [5, 5.41) is 13.1. The first-order valence-electron chi connectivity index (χ1n) is 6.43. The van der Waals surface area contributed by atoms with E-state index in [1.165, 1.54) is 6.07 Å². The molecule has 0 saturated heterocycles. The number of benzene rings is 1. The van der Waals surface area contributed by atoms with Crippen molar-refractivity contribution < 1.29 is 27.5 Å². The van der Waals surface area contributed by atoms with E-state index in [1.54, 1.807) is 5.38 Å². The second-order valence-corrected chi connectivity index (χ2v) is 5.39. The number of nitrogens with zero attached hydrogens (tertiary/aromatic N) is 1. The first-order valence-corrected chi connectivity index (χ1v) is 7.31.